The van der Waals surface area contributed by atoms with Crippen molar-refractivity contribution in [2.24, 2.45) is 21.9 Å². The summed E-state index contributed by atoms with van der Waals surface area (Å²) in [7, 11) is 4.75. The van der Waals surface area contributed by atoms with Gasteiger partial charge in [0.1, 0.15) is 5.84 Å². The summed E-state index contributed by atoms with van der Waals surface area (Å²) in [5.41, 5.74) is 7.49. The zero-order valence-electron chi connectivity index (χ0n) is 12.1. The minimum absolute atomic E-state index is 0.168. The maximum Gasteiger partial charge on any atom is 0.203 e. The van der Waals surface area contributed by atoms with Gasteiger partial charge in [-0.1, -0.05) is 6.92 Å². The Balaban J connectivity index is 2.48. The molecule has 0 bridgehead atoms. The van der Waals surface area contributed by atoms with E-state index in [2.05, 4.69) is 10.2 Å². The van der Waals surface area contributed by atoms with Gasteiger partial charge in [0.05, 0.1) is 27.0 Å². The van der Waals surface area contributed by atoms with Crippen molar-refractivity contribution in [1.82, 2.24) is 0 Å². The van der Waals surface area contributed by atoms with Crippen LogP contribution in [0.15, 0.2) is 22.3 Å². The van der Waals surface area contributed by atoms with Gasteiger partial charge in [-0.25, -0.2) is 0 Å². The first kappa shape index (κ1) is 14.2. The lowest BCUT2D eigenvalue weighted by Crippen LogP contribution is -2.26. The average molecular weight is 277 g/mol. The van der Waals surface area contributed by atoms with Crippen LogP contribution in [0.4, 0.5) is 0 Å². The number of ether oxygens (including phenoxy) is 3. The summed E-state index contributed by atoms with van der Waals surface area (Å²) in [6.45, 7) is 2.02. The SMILES string of the molecule is COc1cc(C2=NN=C(N)C(C)C2)cc(OC)c1OC. The molecule has 6 nitrogen and oxygen atoms in total. The summed E-state index contributed by atoms with van der Waals surface area (Å²) in [6, 6.07) is 3.73. The number of amidine groups is 1. The van der Waals surface area contributed by atoms with E-state index < -0.39 is 0 Å². The topological polar surface area (TPSA) is 78.4 Å². The van der Waals surface area contributed by atoms with Gasteiger partial charge in [-0.3, -0.25) is 0 Å². The van der Waals surface area contributed by atoms with Gasteiger partial charge >= 0.3 is 0 Å². The fraction of sp³-hybridized carbons (Fsp3) is 0.429. The van der Waals surface area contributed by atoms with Crippen LogP contribution >= 0.6 is 0 Å². The number of benzene rings is 1. The molecule has 0 saturated carbocycles. The molecule has 1 heterocycles. The third-order valence-corrected chi connectivity index (χ3v) is 3.29. The molecule has 0 saturated heterocycles. The standard InChI is InChI=1S/C14H19N3O3/c1-8-5-10(16-17-14(8)15)9-6-11(18-2)13(20-4)12(7-9)19-3/h6-8H,5H2,1-4H3,(H2,15,17). The Bertz CT molecular complexity index is 542. The second-order valence-electron chi connectivity index (χ2n) is 4.59. The van der Waals surface area contributed by atoms with Gasteiger partial charge in [-0.15, -0.1) is 5.10 Å². The fourth-order valence-corrected chi connectivity index (χ4v) is 2.08. The summed E-state index contributed by atoms with van der Waals surface area (Å²) in [4.78, 5) is 0. The molecule has 20 heavy (non-hydrogen) atoms. The van der Waals surface area contributed by atoms with E-state index in [0.717, 1.165) is 17.7 Å². The number of nitrogens with zero attached hydrogens (tertiary/aromatic N) is 2. The number of methoxy groups -OCH3 is 3. The number of hydrogen-bond acceptors (Lipinski definition) is 6. The Kier molecular flexibility index (Phi) is 4.12. The predicted octanol–water partition coefficient (Wildman–Crippen LogP) is 1.81. The van der Waals surface area contributed by atoms with E-state index >= 15 is 0 Å². The molecule has 1 aromatic rings. The normalized spacial score (nSPS) is 18.1. The first-order chi connectivity index (χ1) is 9.60. The zero-order valence-corrected chi connectivity index (χ0v) is 12.1. The molecule has 1 unspecified atom stereocenters. The molecular formula is C14H19N3O3. The highest BCUT2D eigenvalue weighted by Crippen LogP contribution is 2.38. The van der Waals surface area contributed by atoms with E-state index in [0.29, 0.717) is 23.1 Å². The molecular weight excluding hydrogens is 258 g/mol. The van der Waals surface area contributed by atoms with E-state index in [4.69, 9.17) is 19.9 Å². The Morgan fingerprint density at radius 2 is 1.65 bits per heavy atom. The molecule has 1 aromatic carbocycles. The maximum absolute atomic E-state index is 5.75. The molecule has 0 aromatic heterocycles. The number of rotatable bonds is 4. The first-order valence-corrected chi connectivity index (χ1v) is 6.31. The summed E-state index contributed by atoms with van der Waals surface area (Å²) in [6.07, 6.45) is 0.730. The Morgan fingerprint density at radius 3 is 2.10 bits per heavy atom. The molecule has 0 aliphatic carbocycles. The largest absolute Gasteiger partial charge is 0.493 e. The lowest BCUT2D eigenvalue weighted by molar-refractivity contribution is 0.324. The van der Waals surface area contributed by atoms with Crippen LogP contribution in [0.2, 0.25) is 0 Å². The summed E-state index contributed by atoms with van der Waals surface area (Å²) < 4.78 is 16.0. The highest BCUT2D eigenvalue weighted by molar-refractivity contribution is 6.05. The highest BCUT2D eigenvalue weighted by Gasteiger charge is 2.21. The second-order valence-corrected chi connectivity index (χ2v) is 4.59. The van der Waals surface area contributed by atoms with Gasteiger partial charge in [-0.05, 0) is 12.1 Å². The van der Waals surface area contributed by atoms with Crippen molar-refractivity contribution >= 4 is 11.5 Å². The van der Waals surface area contributed by atoms with Crippen LogP contribution in [-0.4, -0.2) is 32.9 Å². The molecule has 0 spiro atoms. The molecule has 2 rings (SSSR count). The minimum Gasteiger partial charge on any atom is -0.493 e. The Hall–Kier alpha value is -2.24. The third kappa shape index (κ3) is 2.54. The predicted molar refractivity (Wildman–Crippen MR) is 78.0 cm³/mol. The van der Waals surface area contributed by atoms with Crippen molar-refractivity contribution in [2.45, 2.75) is 13.3 Å². The highest BCUT2D eigenvalue weighted by atomic mass is 16.5. The van der Waals surface area contributed by atoms with Crippen LogP contribution in [0.5, 0.6) is 17.2 Å². The smallest absolute Gasteiger partial charge is 0.203 e. The van der Waals surface area contributed by atoms with Gasteiger partial charge in [0.2, 0.25) is 5.75 Å². The Labute approximate surface area is 118 Å². The van der Waals surface area contributed by atoms with Crippen LogP contribution in [0.25, 0.3) is 0 Å². The zero-order chi connectivity index (χ0) is 14.7. The van der Waals surface area contributed by atoms with E-state index in [1.807, 2.05) is 19.1 Å². The third-order valence-electron chi connectivity index (χ3n) is 3.29. The molecule has 0 fully saturated rings. The van der Waals surface area contributed by atoms with Crippen LogP contribution < -0.4 is 19.9 Å². The summed E-state index contributed by atoms with van der Waals surface area (Å²) >= 11 is 0. The van der Waals surface area contributed by atoms with E-state index in [1.54, 1.807) is 21.3 Å². The summed E-state index contributed by atoms with van der Waals surface area (Å²) in [5, 5.41) is 8.16. The monoisotopic (exact) mass is 277 g/mol. The molecule has 1 aliphatic heterocycles. The molecule has 0 amide bonds. The minimum atomic E-state index is 0.168. The fourth-order valence-electron chi connectivity index (χ4n) is 2.08. The second kappa shape index (κ2) is 5.81. The van der Waals surface area contributed by atoms with Gasteiger partial charge in [0.15, 0.2) is 11.5 Å². The molecule has 1 aliphatic rings. The van der Waals surface area contributed by atoms with Crippen molar-refractivity contribution in [2.75, 3.05) is 21.3 Å². The van der Waals surface area contributed by atoms with Crippen molar-refractivity contribution in [1.29, 1.82) is 0 Å². The summed E-state index contributed by atoms with van der Waals surface area (Å²) in [5.74, 6) is 2.48. The maximum atomic E-state index is 5.75. The van der Waals surface area contributed by atoms with Gasteiger partial charge in [0, 0.05) is 17.9 Å². The Morgan fingerprint density at radius 1 is 1.05 bits per heavy atom. The molecule has 108 valence electrons. The van der Waals surface area contributed by atoms with Crippen molar-refractivity contribution in [3.05, 3.63) is 17.7 Å². The van der Waals surface area contributed by atoms with E-state index in [1.165, 1.54) is 0 Å². The van der Waals surface area contributed by atoms with Gasteiger partial charge < -0.3 is 19.9 Å². The van der Waals surface area contributed by atoms with Gasteiger partial charge in [0.25, 0.3) is 0 Å². The van der Waals surface area contributed by atoms with Crippen molar-refractivity contribution in [3.8, 4) is 17.2 Å². The van der Waals surface area contributed by atoms with Crippen molar-refractivity contribution in [3.63, 3.8) is 0 Å². The van der Waals surface area contributed by atoms with Crippen LogP contribution in [0.3, 0.4) is 0 Å². The van der Waals surface area contributed by atoms with Crippen LogP contribution in [0, 0.1) is 5.92 Å². The van der Waals surface area contributed by atoms with Crippen molar-refractivity contribution < 1.29 is 14.2 Å². The number of nitrogens with two attached hydrogens (primary N) is 1. The molecule has 6 heteroatoms. The van der Waals surface area contributed by atoms with E-state index in [9.17, 15) is 0 Å². The quantitative estimate of drug-likeness (QED) is 0.910. The lowest BCUT2D eigenvalue weighted by Gasteiger charge is -2.18. The van der Waals surface area contributed by atoms with Crippen LogP contribution in [-0.2, 0) is 0 Å². The first-order valence-electron chi connectivity index (χ1n) is 6.31. The molecule has 2 N–H and O–H groups in total. The molecule has 0 radical (unpaired) electrons. The average Bonchev–Trinajstić information content (AvgIpc) is 2.48. The molecule has 1 atom stereocenters. The number of hydrogen-bond donors (Lipinski definition) is 1. The van der Waals surface area contributed by atoms with Gasteiger partial charge in [-0.2, -0.15) is 5.10 Å². The van der Waals surface area contributed by atoms with E-state index in [-0.39, 0.29) is 5.92 Å². The lowest BCUT2D eigenvalue weighted by atomic mass is 9.97. The van der Waals surface area contributed by atoms with Crippen LogP contribution in [0.1, 0.15) is 18.9 Å².